The number of hydrogen-bond acceptors (Lipinski definition) is 4. The molecule has 0 N–H and O–H groups in total. The van der Waals surface area contributed by atoms with E-state index in [9.17, 15) is 13.6 Å². The Labute approximate surface area is 203 Å². The maximum absolute atomic E-state index is 13.7. The van der Waals surface area contributed by atoms with Crippen LogP contribution in [0, 0.1) is 23.0 Å². The van der Waals surface area contributed by atoms with Gasteiger partial charge in [-0.1, -0.05) is 6.07 Å². The topological polar surface area (TPSA) is 56.6 Å². The Hall–Kier alpha value is -3.76. The molecular formula is C28H25F2N3O2. The molecule has 2 heterocycles. The number of nitriles is 1. The van der Waals surface area contributed by atoms with Crippen molar-refractivity contribution in [1.29, 1.82) is 5.26 Å². The van der Waals surface area contributed by atoms with Gasteiger partial charge in [-0.15, -0.1) is 0 Å². The van der Waals surface area contributed by atoms with Crippen LogP contribution in [0.1, 0.15) is 39.9 Å². The Morgan fingerprint density at radius 1 is 1.03 bits per heavy atom. The van der Waals surface area contributed by atoms with Crippen molar-refractivity contribution in [1.82, 2.24) is 4.90 Å². The van der Waals surface area contributed by atoms with Gasteiger partial charge in [0.15, 0.2) is 11.6 Å². The van der Waals surface area contributed by atoms with Crippen molar-refractivity contribution in [2.45, 2.75) is 24.8 Å². The Balaban J connectivity index is 1.39. The number of fused-ring (bicyclic) bond motifs is 2. The molecule has 1 saturated heterocycles. The predicted molar refractivity (Wildman–Crippen MR) is 128 cm³/mol. The molecule has 0 aromatic heterocycles. The largest absolute Gasteiger partial charge is 0.497 e. The molecule has 2 aliphatic heterocycles. The monoisotopic (exact) mass is 473 g/mol. The van der Waals surface area contributed by atoms with E-state index in [2.05, 4.69) is 11.0 Å². The fourth-order valence-corrected chi connectivity index (χ4v) is 5.26. The fourth-order valence-electron chi connectivity index (χ4n) is 5.26. The highest BCUT2D eigenvalue weighted by molar-refractivity contribution is 6.07. The molecule has 1 amide bonds. The summed E-state index contributed by atoms with van der Waals surface area (Å²) in [5.41, 5.74) is 3.57. The Morgan fingerprint density at radius 2 is 1.77 bits per heavy atom. The van der Waals surface area contributed by atoms with Gasteiger partial charge in [0.05, 0.1) is 18.7 Å². The van der Waals surface area contributed by atoms with Gasteiger partial charge < -0.3 is 9.64 Å². The summed E-state index contributed by atoms with van der Waals surface area (Å²) < 4.78 is 32.4. The van der Waals surface area contributed by atoms with Crippen molar-refractivity contribution < 1.29 is 18.3 Å². The van der Waals surface area contributed by atoms with Crippen molar-refractivity contribution in [3.05, 3.63) is 94.6 Å². The Bertz CT molecular complexity index is 1310. The molecule has 3 aromatic rings. The molecule has 2 aliphatic rings. The average Bonchev–Trinajstić information content (AvgIpc) is 3.20. The number of amides is 1. The molecule has 5 nitrogen and oxygen atoms in total. The number of hydrogen-bond donors (Lipinski definition) is 0. The molecule has 0 bridgehead atoms. The lowest BCUT2D eigenvalue weighted by molar-refractivity contribution is 0.0975. The van der Waals surface area contributed by atoms with Crippen molar-refractivity contribution in [3.63, 3.8) is 0 Å². The number of halogens is 2. The predicted octanol–water partition coefficient (Wildman–Crippen LogP) is 5.04. The zero-order valence-electron chi connectivity index (χ0n) is 19.4. The van der Waals surface area contributed by atoms with Crippen LogP contribution in [0.4, 0.5) is 14.5 Å². The molecular weight excluding hydrogens is 448 g/mol. The van der Waals surface area contributed by atoms with E-state index in [-0.39, 0.29) is 11.3 Å². The van der Waals surface area contributed by atoms with E-state index in [0.717, 1.165) is 48.5 Å². The van der Waals surface area contributed by atoms with Crippen LogP contribution in [0.5, 0.6) is 5.75 Å². The van der Waals surface area contributed by atoms with Gasteiger partial charge in [0, 0.05) is 29.8 Å². The number of ether oxygens (including phenoxy) is 1. The van der Waals surface area contributed by atoms with E-state index >= 15 is 0 Å². The van der Waals surface area contributed by atoms with Crippen LogP contribution in [0.3, 0.4) is 0 Å². The summed E-state index contributed by atoms with van der Waals surface area (Å²) in [6.45, 7) is 2.66. The van der Waals surface area contributed by atoms with Gasteiger partial charge in [-0.05, 0) is 91.7 Å². The van der Waals surface area contributed by atoms with E-state index in [1.54, 1.807) is 37.4 Å². The average molecular weight is 474 g/mol. The molecule has 178 valence electrons. The first-order valence-corrected chi connectivity index (χ1v) is 11.6. The fraction of sp³-hybridized carbons (Fsp3) is 0.286. The molecule has 0 atom stereocenters. The second-order valence-electron chi connectivity index (χ2n) is 9.27. The first-order chi connectivity index (χ1) is 16.9. The third-order valence-electron chi connectivity index (χ3n) is 7.24. The first kappa shape index (κ1) is 23.0. The van der Waals surface area contributed by atoms with Gasteiger partial charge in [-0.25, -0.2) is 8.78 Å². The van der Waals surface area contributed by atoms with Gasteiger partial charge in [0.1, 0.15) is 5.75 Å². The number of carbonyl (C=O) groups is 1. The molecule has 1 spiro atoms. The SMILES string of the molecule is COc1ccc2c(c1)C1(CCN(Cc3ccc(F)c(F)c3)CC1)CN2C(=O)c1ccc(C#N)cc1. The summed E-state index contributed by atoms with van der Waals surface area (Å²) in [6.07, 6.45) is 1.65. The van der Waals surface area contributed by atoms with E-state index in [0.29, 0.717) is 24.2 Å². The van der Waals surface area contributed by atoms with E-state index in [1.807, 2.05) is 23.1 Å². The van der Waals surface area contributed by atoms with E-state index < -0.39 is 11.6 Å². The standard InChI is InChI=1S/C28H25F2N3O2/c1-35-22-7-9-26-23(15-22)28(18-33(26)27(34)21-5-2-19(16-31)3-6-21)10-12-32(13-11-28)17-20-4-8-24(29)25(30)14-20/h2-9,14-15H,10-13,17-18H2,1H3. The van der Waals surface area contributed by atoms with Gasteiger partial charge in [-0.2, -0.15) is 5.26 Å². The van der Waals surface area contributed by atoms with Crippen molar-refractivity contribution in [2.75, 3.05) is 31.6 Å². The first-order valence-electron chi connectivity index (χ1n) is 11.6. The third-order valence-corrected chi connectivity index (χ3v) is 7.24. The van der Waals surface area contributed by atoms with E-state index in [1.165, 1.54) is 12.1 Å². The van der Waals surface area contributed by atoms with Gasteiger partial charge >= 0.3 is 0 Å². The summed E-state index contributed by atoms with van der Waals surface area (Å²) in [5.74, 6) is -1.01. The number of benzene rings is 3. The molecule has 7 heteroatoms. The van der Waals surface area contributed by atoms with Crippen LogP contribution in [0.15, 0.2) is 60.7 Å². The van der Waals surface area contributed by atoms with Gasteiger partial charge in [0.25, 0.3) is 5.91 Å². The van der Waals surface area contributed by atoms with Crippen molar-refractivity contribution in [3.8, 4) is 11.8 Å². The van der Waals surface area contributed by atoms with Crippen LogP contribution in [0.25, 0.3) is 0 Å². The van der Waals surface area contributed by atoms with Crippen LogP contribution in [0.2, 0.25) is 0 Å². The number of rotatable bonds is 4. The molecule has 0 saturated carbocycles. The zero-order chi connectivity index (χ0) is 24.6. The molecule has 0 unspecified atom stereocenters. The lowest BCUT2D eigenvalue weighted by Crippen LogP contribution is -2.45. The summed E-state index contributed by atoms with van der Waals surface area (Å²) in [4.78, 5) is 17.6. The summed E-state index contributed by atoms with van der Waals surface area (Å²) in [7, 11) is 1.63. The number of likely N-dealkylation sites (tertiary alicyclic amines) is 1. The minimum absolute atomic E-state index is 0.0954. The van der Waals surface area contributed by atoms with Crippen molar-refractivity contribution >= 4 is 11.6 Å². The third kappa shape index (κ3) is 4.26. The lowest BCUT2D eigenvalue weighted by atomic mass is 9.74. The minimum Gasteiger partial charge on any atom is -0.497 e. The second kappa shape index (κ2) is 9.12. The highest BCUT2D eigenvalue weighted by Crippen LogP contribution is 2.48. The van der Waals surface area contributed by atoms with E-state index in [4.69, 9.17) is 10.00 Å². The highest BCUT2D eigenvalue weighted by atomic mass is 19.2. The number of methoxy groups -OCH3 is 1. The minimum atomic E-state index is -0.838. The van der Waals surface area contributed by atoms with Gasteiger partial charge in [-0.3, -0.25) is 9.69 Å². The number of anilines is 1. The quantitative estimate of drug-likeness (QED) is 0.533. The molecule has 3 aromatic carbocycles. The van der Waals surface area contributed by atoms with Crippen molar-refractivity contribution in [2.24, 2.45) is 0 Å². The summed E-state index contributed by atoms with van der Waals surface area (Å²) in [5, 5.41) is 9.07. The number of nitrogens with zero attached hydrogens (tertiary/aromatic N) is 3. The highest BCUT2D eigenvalue weighted by Gasteiger charge is 2.46. The molecule has 0 radical (unpaired) electrons. The summed E-state index contributed by atoms with van der Waals surface area (Å²) >= 11 is 0. The Kier molecular flexibility index (Phi) is 6.00. The molecule has 35 heavy (non-hydrogen) atoms. The maximum atomic E-state index is 13.7. The van der Waals surface area contributed by atoms with Crippen LogP contribution < -0.4 is 9.64 Å². The number of carbonyl (C=O) groups excluding carboxylic acids is 1. The lowest BCUT2D eigenvalue weighted by Gasteiger charge is -2.40. The Morgan fingerprint density at radius 3 is 2.43 bits per heavy atom. The normalized spacial score (nSPS) is 16.7. The molecule has 0 aliphatic carbocycles. The van der Waals surface area contributed by atoms with Crippen LogP contribution in [-0.4, -0.2) is 37.6 Å². The summed E-state index contributed by atoms with van der Waals surface area (Å²) in [6, 6.07) is 18.7. The maximum Gasteiger partial charge on any atom is 0.258 e. The molecule has 1 fully saturated rings. The molecule has 5 rings (SSSR count). The number of piperidine rings is 1. The zero-order valence-corrected chi connectivity index (χ0v) is 19.4. The van der Waals surface area contributed by atoms with Crippen LogP contribution >= 0.6 is 0 Å². The van der Waals surface area contributed by atoms with Gasteiger partial charge in [0.2, 0.25) is 0 Å². The second-order valence-corrected chi connectivity index (χ2v) is 9.27. The smallest absolute Gasteiger partial charge is 0.258 e. The van der Waals surface area contributed by atoms with Crippen LogP contribution in [-0.2, 0) is 12.0 Å².